The van der Waals surface area contributed by atoms with Crippen molar-refractivity contribution in [2.75, 3.05) is 7.11 Å². The normalized spacial score (nSPS) is 11.8. The van der Waals surface area contributed by atoms with Gasteiger partial charge < -0.3 is 9.64 Å². The molecule has 1 atom stereocenters. The van der Waals surface area contributed by atoms with Gasteiger partial charge in [0.05, 0.1) is 29.7 Å². The first kappa shape index (κ1) is 25.0. The van der Waals surface area contributed by atoms with E-state index in [1.807, 2.05) is 92.7 Å². The van der Waals surface area contributed by atoms with Crippen molar-refractivity contribution in [1.82, 2.24) is 14.5 Å². The third-order valence-corrected chi connectivity index (χ3v) is 6.68. The molecule has 0 N–H and O–H groups in total. The fourth-order valence-corrected chi connectivity index (χ4v) is 4.67. The molecule has 1 heterocycles. The highest BCUT2D eigenvalue weighted by Crippen LogP contribution is 2.27. The second-order valence-electron chi connectivity index (χ2n) is 9.29. The Morgan fingerprint density at radius 1 is 0.921 bits per heavy atom. The number of hydrogen-bond acceptors (Lipinski definition) is 4. The van der Waals surface area contributed by atoms with Crippen molar-refractivity contribution >= 4 is 16.8 Å². The Balaban J connectivity index is 1.70. The molecule has 190 valence electrons. The van der Waals surface area contributed by atoms with E-state index in [2.05, 4.69) is 0 Å². The highest BCUT2D eigenvalue weighted by atomic mass is 16.5. The quantitative estimate of drug-likeness (QED) is 0.269. The number of aromatic nitrogens is 2. The minimum atomic E-state index is -0.535. The summed E-state index contributed by atoms with van der Waals surface area (Å²) < 4.78 is 7.01. The predicted molar refractivity (Wildman–Crippen MR) is 150 cm³/mol. The minimum absolute atomic E-state index is 0.170. The van der Waals surface area contributed by atoms with E-state index < -0.39 is 6.04 Å². The first-order valence-electron chi connectivity index (χ1n) is 12.5. The molecule has 0 fully saturated rings. The fourth-order valence-electron chi connectivity index (χ4n) is 4.67. The maximum Gasteiger partial charge on any atom is 0.266 e. The lowest BCUT2D eigenvalue weighted by atomic mass is 10.1. The summed E-state index contributed by atoms with van der Waals surface area (Å²) in [5.74, 6) is 0.911. The first-order valence-corrected chi connectivity index (χ1v) is 12.5. The van der Waals surface area contributed by atoms with E-state index >= 15 is 0 Å². The zero-order valence-electron chi connectivity index (χ0n) is 21.7. The Morgan fingerprint density at radius 3 is 2.42 bits per heavy atom. The van der Waals surface area contributed by atoms with Gasteiger partial charge in [0.15, 0.2) is 0 Å². The minimum Gasteiger partial charge on any atom is -0.497 e. The number of carbonyl (C=O) groups excluding carboxylic acids is 1. The molecule has 5 aromatic rings. The van der Waals surface area contributed by atoms with Crippen LogP contribution in [0.5, 0.6) is 5.75 Å². The van der Waals surface area contributed by atoms with Gasteiger partial charge in [-0.15, -0.1) is 0 Å². The zero-order chi connectivity index (χ0) is 26.6. The van der Waals surface area contributed by atoms with Crippen molar-refractivity contribution in [2.45, 2.75) is 26.4 Å². The molecule has 6 heteroatoms. The van der Waals surface area contributed by atoms with E-state index in [9.17, 15) is 9.59 Å². The number of hydrogen-bond donors (Lipinski definition) is 0. The summed E-state index contributed by atoms with van der Waals surface area (Å²) in [5, 5.41) is 0.527. The third kappa shape index (κ3) is 4.93. The van der Waals surface area contributed by atoms with E-state index in [0.29, 0.717) is 40.3 Å². The Bertz CT molecular complexity index is 1660. The molecule has 5 rings (SSSR count). The number of ether oxygens (including phenoxy) is 1. The van der Waals surface area contributed by atoms with Gasteiger partial charge in [0.25, 0.3) is 11.5 Å². The maximum atomic E-state index is 14.0. The van der Waals surface area contributed by atoms with Gasteiger partial charge in [0.2, 0.25) is 0 Å². The molecule has 0 saturated heterocycles. The Morgan fingerprint density at radius 2 is 1.66 bits per heavy atom. The zero-order valence-corrected chi connectivity index (χ0v) is 21.7. The van der Waals surface area contributed by atoms with Gasteiger partial charge in [0.1, 0.15) is 11.6 Å². The van der Waals surface area contributed by atoms with Gasteiger partial charge >= 0.3 is 0 Å². The van der Waals surface area contributed by atoms with Crippen LogP contribution >= 0.6 is 0 Å². The monoisotopic (exact) mass is 503 g/mol. The van der Waals surface area contributed by atoms with Crippen LogP contribution < -0.4 is 10.3 Å². The summed E-state index contributed by atoms with van der Waals surface area (Å²) in [6, 6.07) is 31.5. The second-order valence-corrected chi connectivity index (χ2v) is 9.29. The highest BCUT2D eigenvalue weighted by molar-refractivity contribution is 5.95. The van der Waals surface area contributed by atoms with Crippen LogP contribution in [0.25, 0.3) is 16.6 Å². The van der Waals surface area contributed by atoms with E-state index in [1.165, 1.54) is 0 Å². The maximum absolute atomic E-state index is 14.0. The Labute approximate surface area is 221 Å². The summed E-state index contributed by atoms with van der Waals surface area (Å²) in [5.41, 5.74) is 3.63. The van der Waals surface area contributed by atoms with Crippen LogP contribution in [0, 0.1) is 6.92 Å². The van der Waals surface area contributed by atoms with Gasteiger partial charge in [0, 0.05) is 12.1 Å². The van der Waals surface area contributed by atoms with E-state index in [0.717, 1.165) is 11.1 Å². The largest absolute Gasteiger partial charge is 0.497 e. The average Bonchev–Trinajstić information content (AvgIpc) is 2.95. The van der Waals surface area contributed by atoms with Gasteiger partial charge in [-0.05, 0) is 67.4 Å². The van der Waals surface area contributed by atoms with Crippen LogP contribution in [0.1, 0.15) is 40.3 Å². The molecule has 0 aliphatic heterocycles. The number of fused-ring (bicyclic) bond motifs is 1. The summed E-state index contributed by atoms with van der Waals surface area (Å²) in [6.45, 7) is 4.25. The molecule has 0 aliphatic rings. The SMILES string of the molecule is COc1cccc(C(=O)N(Cc2ccccc2)C(C)c2nc3ccccc3c(=O)n2-c2cccc(C)c2)c1. The Hall–Kier alpha value is -4.71. The molecule has 0 aliphatic carbocycles. The molecule has 4 aromatic carbocycles. The molecule has 0 spiro atoms. The highest BCUT2D eigenvalue weighted by Gasteiger charge is 2.28. The molecule has 1 amide bonds. The molecule has 38 heavy (non-hydrogen) atoms. The molecule has 0 saturated carbocycles. The number of aryl methyl sites for hydroxylation is 1. The number of amides is 1. The molecule has 1 unspecified atom stereocenters. The van der Waals surface area contributed by atoms with Gasteiger partial charge in [-0.25, -0.2) is 4.98 Å². The standard InChI is InChI=1S/C32H29N3O3/c1-22-11-9-15-26(19-22)35-30(33-29-18-8-7-17-28(29)32(35)37)23(2)34(21-24-12-5-4-6-13-24)31(36)25-14-10-16-27(20-25)38-3/h4-20,23H,21H2,1-3H3. The summed E-state index contributed by atoms with van der Waals surface area (Å²) >= 11 is 0. The Kier molecular flexibility index (Phi) is 7.05. The first-order chi connectivity index (χ1) is 18.5. The van der Waals surface area contributed by atoms with Gasteiger partial charge in [-0.1, -0.05) is 60.7 Å². The van der Waals surface area contributed by atoms with E-state index in [4.69, 9.17) is 9.72 Å². The van der Waals surface area contributed by atoms with Crippen molar-refractivity contribution in [1.29, 1.82) is 0 Å². The van der Waals surface area contributed by atoms with Gasteiger partial charge in [-0.3, -0.25) is 14.2 Å². The van der Waals surface area contributed by atoms with Crippen LogP contribution in [0.4, 0.5) is 0 Å². The lowest BCUT2D eigenvalue weighted by Crippen LogP contribution is -2.37. The lowest BCUT2D eigenvalue weighted by Gasteiger charge is -2.31. The van der Waals surface area contributed by atoms with E-state index in [1.54, 1.807) is 40.8 Å². The number of methoxy groups -OCH3 is 1. The molecule has 6 nitrogen and oxygen atoms in total. The molecular weight excluding hydrogens is 474 g/mol. The molecule has 1 aromatic heterocycles. The van der Waals surface area contributed by atoms with Crippen LogP contribution in [-0.2, 0) is 6.54 Å². The fraction of sp³-hybridized carbons (Fsp3) is 0.156. The molecule has 0 radical (unpaired) electrons. The number of rotatable bonds is 7. The van der Waals surface area contributed by atoms with Crippen molar-refractivity contribution in [2.24, 2.45) is 0 Å². The summed E-state index contributed by atoms with van der Waals surface area (Å²) in [7, 11) is 1.58. The molecular formula is C32H29N3O3. The topological polar surface area (TPSA) is 64.4 Å². The number of nitrogens with zero attached hydrogens (tertiary/aromatic N) is 3. The van der Waals surface area contributed by atoms with Crippen molar-refractivity contribution in [3.05, 3.63) is 136 Å². The van der Waals surface area contributed by atoms with Crippen LogP contribution in [0.2, 0.25) is 0 Å². The number of para-hydroxylation sites is 1. The van der Waals surface area contributed by atoms with Crippen LogP contribution in [0.15, 0.2) is 108 Å². The smallest absolute Gasteiger partial charge is 0.266 e. The van der Waals surface area contributed by atoms with E-state index in [-0.39, 0.29) is 11.5 Å². The predicted octanol–water partition coefficient (Wildman–Crippen LogP) is 6.11. The van der Waals surface area contributed by atoms with Crippen molar-refractivity contribution in [3.8, 4) is 11.4 Å². The summed E-state index contributed by atoms with van der Waals surface area (Å²) in [6.07, 6.45) is 0. The molecule has 0 bridgehead atoms. The summed E-state index contributed by atoms with van der Waals surface area (Å²) in [4.78, 5) is 34.6. The third-order valence-electron chi connectivity index (χ3n) is 6.68. The number of carbonyl (C=O) groups is 1. The second kappa shape index (κ2) is 10.7. The van der Waals surface area contributed by atoms with Crippen LogP contribution in [-0.4, -0.2) is 27.5 Å². The average molecular weight is 504 g/mol. The van der Waals surface area contributed by atoms with Crippen molar-refractivity contribution < 1.29 is 9.53 Å². The van der Waals surface area contributed by atoms with Crippen molar-refractivity contribution in [3.63, 3.8) is 0 Å². The van der Waals surface area contributed by atoms with Crippen LogP contribution in [0.3, 0.4) is 0 Å². The van der Waals surface area contributed by atoms with Gasteiger partial charge in [-0.2, -0.15) is 0 Å². The lowest BCUT2D eigenvalue weighted by molar-refractivity contribution is 0.0663. The number of benzene rings is 4.